The van der Waals surface area contributed by atoms with Crippen molar-refractivity contribution in [3.63, 3.8) is 0 Å². The molecule has 0 bridgehead atoms. The molecule has 3 aliphatic carbocycles. The van der Waals surface area contributed by atoms with Gasteiger partial charge in [0.1, 0.15) is 12.7 Å². The smallest absolute Gasteiger partial charge is 0.334 e. The molecule has 0 radical (unpaired) electrons. The van der Waals surface area contributed by atoms with Gasteiger partial charge in [-0.3, -0.25) is 4.79 Å². The van der Waals surface area contributed by atoms with Crippen molar-refractivity contribution < 1.29 is 19.1 Å². The van der Waals surface area contributed by atoms with Gasteiger partial charge in [0.05, 0.1) is 0 Å². The van der Waals surface area contributed by atoms with Gasteiger partial charge in [-0.15, -0.1) is 0 Å². The summed E-state index contributed by atoms with van der Waals surface area (Å²) in [6.07, 6.45) is 13.5. The van der Waals surface area contributed by atoms with Crippen molar-refractivity contribution in [2.75, 3.05) is 6.61 Å². The number of fused-ring (bicyclic) bond motifs is 1. The van der Waals surface area contributed by atoms with E-state index in [-0.39, 0.29) is 23.5 Å². The Hall–Kier alpha value is -1.84. The Morgan fingerprint density at radius 1 is 1.35 bits per heavy atom. The molecule has 4 heteroatoms. The highest BCUT2D eigenvalue weighted by Gasteiger charge is 2.55. The highest BCUT2D eigenvalue weighted by molar-refractivity contribution is 5.91. The normalized spacial score (nSPS) is 39.5. The molecule has 0 aromatic carbocycles. The summed E-state index contributed by atoms with van der Waals surface area (Å²) in [4.78, 5) is 23.5. The summed E-state index contributed by atoms with van der Waals surface area (Å²) >= 11 is 0. The fraction of sp³-hybridized carbons (Fsp3) is 0.704. The molecular formula is C27H38O4. The lowest BCUT2D eigenvalue weighted by atomic mass is 9.63. The van der Waals surface area contributed by atoms with Crippen molar-refractivity contribution in [2.24, 2.45) is 35.0 Å². The Morgan fingerprint density at radius 3 is 2.87 bits per heavy atom. The summed E-state index contributed by atoms with van der Waals surface area (Å²) in [6, 6.07) is 0. The van der Waals surface area contributed by atoms with Crippen molar-refractivity contribution in [3.05, 3.63) is 34.9 Å². The fourth-order valence-corrected chi connectivity index (χ4v) is 6.79. The van der Waals surface area contributed by atoms with Crippen LogP contribution in [0, 0.1) is 35.0 Å². The minimum atomic E-state index is -0.230. The lowest BCUT2D eigenvalue weighted by Crippen LogP contribution is -2.33. The van der Waals surface area contributed by atoms with Crippen LogP contribution in [-0.2, 0) is 19.1 Å². The Bertz CT molecular complexity index is 834. The van der Waals surface area contributed by atoms with Gasteiger partial charge in [0.15, 0.2) is 0 Å². The van der Waals surface area contributed by atoms with Crippen LogP contribution in [0.25, 0.3) is 0 Å². The van der Waals surface area contributed by atoms with Crippen LogP contribution in [0.2, 0.25) is 0 Å². The SMILES string of the molecule is CC(=O)OCC(C)=CCC[C@@H](C)C1=CC[C@]2(C)C[C@@H]3[C@@H]4/C(=C\C[C@@H]12)C(=O)O[C@@H]4C[C@@H]3C. The number of carbonyl (C=O) groups excluding carboxylic acids is 2. The van der Waals surface area contributed by atoms with E-state index in [0.29, 0.717) is 36.2 Å². The summed E-state index contributed by atoms with van der Waals surface area (Å²) < 4.78 is 10.8. The van der Waals surface area contributed by atoms with Crippen molar-refractivity contribution in [1.82, 2.24) is 0 Å². The molecular weight excluding hydrogens is 388 g/mol. The maximum Gasteiger partial charge on any atom is 0.334 e. The van der Waals surface area contributed by atoms with Crippen LogP contribution in [0.5, 0.6) is 0 Å². The number of carbonyl (C=O) groups is 2. The van der Waals surface area contributed by atoms with Crippen LogP contribution in [0.15, 0.2) is 34.9 Å². The molecule has 1 aliphatic heterocycles. The minimum Gasteiger partial charge on any atom is -0.461 e. The number of esters is 2. The molecule has 1 heterocycles. The fourth-order valence-electron chi connectivity index (χ4n) is 6.79. The van der Waals surface area contributed by atoms with Gasteiger partial charge in [0, 0.05) is 18.4 Å². The molecule has 0 amide bonds. The van der Waals surface area contributed by atoms with Crippen LogP contribution < -0.4 is 0 Å². The average molecular weight is 427 g/mol. The Morgan fingerprint density at radius 2 is 2.13 bits per heavy atom. The number of hydrogen-bond acceptors (Lipinski definition) is 4. The predicted octanol–water partition coefficient (Wildman–Crippen LogP) is 5.78. The largest absolute Gasteiger partial charge is 0.461 e. The van der Waals surface area contributed by atoms with E-state index in [4.69, 9.17) is 9.47 Å². The van der Waals surface area contributed by atoms with Gasteiger partial charge >= 0.3 is 11.9 Å². The third-order valence-corrected chi connectivity index (χ3v) is 8.54. The second kappa shape index (κ2) is 8.60. The maximum absolute atomic E-state index is 12.5. The number of rotatable bonds is 6. The van der Waals surface area contributed by atoms with E-state index in [1.54, 1.807) is 5.57 Å². The molecule has 0 aromatic heterocycles. The molecule has 4 rings (SSSR count). The van der Waals surface area contributed by atoms with Gasteiger partial charge in [-0.25, -0.2) is 4.79 Å². The topological polar surface area (TPSA) is 52.6 Å². The average Bonchev–Trinajstić information content (AvgIpc) is 3.27. The predicted molar refractivity (Wildman–Crippen MR) is 121 cm³/mol. The summed E-state index contributed by atoms with van der Waals surface area (Å²) in [5.74, 6) is 2.25. The van der Waals surface area contributed by atoms with Gasteiger partial charge in [0.25, 0.3) is 0 Å². The number of allylic oxidation sites excluding steroid dienone is 4. The van der Waals surface area contributed by atoms with Gasteiger partial charge in [-0.05, 0) is 80.1 Å². The first-order valence-electron chi connectivity index (χ1n) is 12.1. The quantitative estimate of drug-likeness (QED) is 0.399. The molecule has 4 aliphatic rings. The summed E-state index contributed by atoms with van der Waals surface area (Å²) in [5, 5.41) is 0. The standard InChI is InChI=1S/C27H38O4/c1-16(15-30-19(4)28)7-6-8-17(2)20-11-12-27(5)14-22-18(3)13-24-25(22)21(26(29)31-24)9-10-23(20)27/h7,9,11,17-18,22-25H,6,8,10,12-15H2,1-5H3/b16-7?,21-9+/t17-,18+,22+,23+,24-,25+,27-/m1/s1. The second-order valence-electron chi connectivity index (χ2n) is 10.9. The van der Waals surface area contributed by atoms with E-state index in [1.807, 2.05) is 6.92 Å². The highest BCUT2D eigenvalue weighted by Crippen LogP contribution is 2.59. The lowest BCUT2D eigenvalue weighted by molar-refractivity contribution is -0.140. The molecule has 7 atom stereocenters. The van der Waals surface area contributed by atoms with Crippen molar-refractivity contribution in [2.45, 2.75) is 79.2 Å². The zero-order valence-electron chi connectivity index (χ0n) is 19.8. The van der Waals surface area contributed by atoms with Gasteiger partial charge in [-0.2, -0.15) is 0 Å². The van der Waals surface area contributed by atoms with Crippen LogP contribution >= 0.6 is 0 Å². The van der Waals surface area contributed by atoms with Crippen LogP contribution in [0.4, 0.5) is 0 Å². The zero-order valence-corrected chi connectivity index (χ0v) is 19.8. The Kier molecular flexibility index (Phi) is 6.20. The molecule has 1 saturated heterocycles. The van der Waals surface area contributed by atoms with Crippen molar-refractivity contribution in [3.8, 4) is 0 Å². The summed E-state index contributed by atoms with van der Waals surface area (Å²) in [7, 11) is 0. The number of ether oxygens (including phenoxy) is 2. The number of hydrogen-bond donors (Lipinski definition) is 0. The van der Waals surface area contributed by atoms with E-state index in [2.05, 4.69) is 39.0 Å². The molecule has 0 aromatic rings. The molecule has 0 N–H and O–H groups in total. The first kappa shape index (κ1) is 22.4. The Balaban J connectivity index is 1.45. The zero-order chi connectivity index (χ0) is 22.3. The first-order valence-corrected chi connectivity index (χ1v) is 12.1. The molecule has 0 spiro atoms. The van der Waals surface area contributed by atoms with Gasteiger partial charge < -0.3 is 9.47 Å². The van der Waals surface area contributed by atoms with Gasteiger partial charge in [0.2, 0.25) is 0 Å². The highest BCUT2D eigenvalue weighted by atomic mass is 16.6. The molecule has 1 saturated carbocycles. The van der Waals surface area contributed by atoms with E-state index in [1.165, 1.54) is 13.3 Å². The summed E-state index contributed by atoms with van der Waals surface area (Å²) in [5.41, 5.74) is 3.95. The summed E-state index contributed by atoms with van der Waals surface area (Å²) in [6.45, 7) is 11.0. The lowest BCUT2D eigenvalue weighted by Gasteiger charge is -2.40. The van der Waals surface area contributed by atoms with Crippen molar-refractivity contribution in [1.29, 1.82) is 0 Å². The van der Waals surface area contributed by atoms with E-state index >= 15 is 0 Å². The van der Waals surface area contributed by atoms with E-state index < -0.39 is 0 Å². The molecule has 4 nitrogen and oxygen atoms in total. The second-order valence-corrected chi connectivity index (χ2v) is 10.9. The molecule has 31 heavy (non-hydrogen) atoms. The molecule has 2 fully saturated rings. The maximum atomic E-state index is 12.5. The van der Waals surface area contributed by atoms with Crippen LogP contribution in [-0.4, -0.2) is 24.6 Å². The van der Waals surface area contributed by atoms with E-state index in [0.717, 1.165) is 43.3 Å². The first-order chi connectivity index (χ1) is 14.7. The Labute approximate surface area is 187 Å². The van der Waals surface area contributed by atoms with Crippen molar-refractivity contribution >= 4 is 11.9 Å². The molecule has 170 valence electrons. The van der Waals surface area contributed by atoms with Crippen LogP contribution in [0.3, 0.4) is 0 Å². The third-order valence-electron chi connectivity index (χ3n) is 8.54. The van der Waals surface area contributed by atoms with Gasteiger partial charge in [-0.1, -0.05) is 44.6 Å². The van der Waals surface area contributed by atoms with Crippen LogP contribution in [0.1, 0.15) is 73.1 Å². The minimum absolute atomic E-state index is 0.0551. The third kappa shape index (κ3) is 4.27. The van der Waals surface area contributed by atoms with E-state index in [9.17, 15) is 9.59 Å². The monoisotopic (exact) mass is 426 g/mol. The molecule has 0 unspecified atom stereocenters.